The summed E-state index contributed by atoms with van der Waals surface area (Å²) >= 11 is 0. The molecule has 0 aromatic heterocycles. The van der Waals surface area contributed by atoms with Gasteiger partial charge in [-0.2, -0.15) is 0 Å². The lowest BCUT2D eigenvalue weighted by Crippen LogP contribution is -2.50. The van der Waals surface area contributed by atoms with Crippen LogP contribution in [0.2, 0.25) is 0 Å². The SMILES string of the molecule is CN(CCC(=O)O)C(=O)NC1CCOC1(C)C. The first-order valence-electron chi connectivity index (χ1n) is 5.70. The normalized spacial score (nSPS) is 22.2. The van der Waals surface area contributed by atoms with Crippen LogP contribution in [-0.2, 0) is 9.53 Å². The topological polar surface area (TPSA) is 78.9 Å². The number of hydrogen-bond donors (Lipinski definition) is 2. The van der Waals surface area contributed by atoms with Crippen LogP contribution in [0.3, 0.4) is 0 Å². The number of aliphatic carboxylic acids is 1. The maximum atomic E-state index is 11.8. The summed E-state index contributed by atoms with van der Waals surface area (Å²) in [4.78, 5) is 23.5. The van der Waals surface area contributed by atoms with E-state index in [-0.39, 0.29) is 30.6 Å². The molecule has 17 heavy (non-hydrogen) atoms. The average molecular weight is 244 g/mol. The molecule has 1 saturated heterocycles. The Morgan fingerprint density at radius 2 is 2.18 bits per heavy atom. The maximum Gasteiger partial charge on any atom is 0.317 e. The number of amides is 2. The van der Waals surface area contributed by atoms with Gasteiger partial charge in [0.15, 0.2) is 0 Å². The number of carboxylic acids is 1. The van der Waals surface area contributed by atoms with Gasteiger partial charge in [0.25, 0.3) is 0 Å². The summed E-state index contributed by atoms with van der Waals surface area (Å²) in [7, 11) is 1.58. The first kappa shape index (κ1) is 13.8. The van der Waals surface area contributed by atoms with Crippen LogP contribution in [-0.4, -0.2) is 53.8 Å². The van der Waals surface area contributed by atoms with E-state index in [1.165, 1.54) is 4.90 Å². The summed E-state index contributed by atoms with van der Waals surface area (Å²) in [6.45, 7) is 4.70. The van der Waals surface area contributed by atoms with Crippen molar-refractivity contribution in [3.8, 4) is 0 Å². The monoisotopic (exact) mass is 244 g/mol. The molecule has 1 aliphatic heterocycles. The van der Waals surface area contributed by atoms with Crippen molar-refractivity contribution in [2.45, 2.75) is 38.3 Å². The molecule has 0 aromatic carbocycles. The van der Waals surface area contributed by atoms with E-state index in [2.05, 4.69) is 5.32 Å². The Hall–Kier alpha value is -1.30. The average Bonchev–Trinajstić information content (AvgIpc) is 2.54. The minimum Gasteiger partial charge on any atom is -0.481 e. The molecule has 0 bridgehead atoms. The standard InChI is InChI=1S/C11H20N2O4/c1-11(2)8(5-7-17-11)12-10(16)13(3)6-4-9(14)15/h8H,4-7H2,1-3H3,(H,12,16)(H,14,15). The number of carbonyl (C=O) groups is 2. The van der Waals surface area contributed by atoms with Gasteiger partial charge in [-0.25, -0.2) is 4.79 Å². The van der Waals surface area contributed by atoms with Gasteiger partial charge >= 0.3 is 12.0 Å². The van der Waals surface area contributed by atoms with E-state index < -0.39 is 5.97 Å². The van der Waals surface area contributed by atoms with Gasteiger partial charge in [-0.05, 0) is 20.3 Å². The fourth-order valence-corrected chi connectivity index (χ4v) is 1.76. The minimum absolute atomic E-state index is 0.0257. The van der Waals surface area contributed by atoms with Crippen LogP contribution in [0, 0.1) is 0 Å². The van der Waals surface area contributed by atoms with Crippen molar-refractivity contribution in [3.63, 3.8) is 0 Å². The molecule has 6 nitrogen and oxygen atoms in total. The van der Waals surface area contributed by atoms with E-state index in [1.807, 2.05) is 13.8 Å². The Morgan fingerprint density at radius 3 is 2.65 bits per heavy atom. The third-order valence-corrected chi connectivity index (χ3v) is 3.03. The molecule has 2 amide bonds. The second-order valence-corrected chi connectivity index (χ2v) is 4.81. The molecule has 6 heteroatoms. The molecule has 1 fully saturated rings. The van der Waals surface area contributed by atoms with Crippen LogP contribution >= 0.6 is 0 Å². The smallest absolute Gasteiger partial charge is 0.317 e. The number of carboxylic acid groups (broad SMARTS) is 1. The van der Waals surface area contributed by atoms with Crippen molar-refractivity contribution < 1.29 is 19.4 Å². The summed E-state index contributed by atoms with van der Waals surface area (Å²) in [5.74, 6) is -0.908. The number of hydrogen-bond acceptors (Lipinski definition) is 3. The molecule has 0 saturated carbocycles. The molecule has 0 aromatic rings. The lowest BCUT2D eigenvalue weighted by molar-refractivity contribution is -0.137. The van der Waals surface area contributed by atoms with Crippen LogP contribution in [0.1, 0.15) is 26.7 Å². The van der Waals surface area contributed by atoms with E-state index in [9.17, 15) is 9.59 Å². The highest BCUT2D eigenvalue weighted by molar-refractivity contribution is 5.75. The Bertz CT molecular complexity index is 304. The van der Waals surface area contributed by atoms with Crippen molar-refractivity contribution in [1.82, 2.24) is 10.2 Å². The van der Waals surface area contributed by atoms with Crippen molar-refractivity contribution >= 4 is 12.0 Å². The van der Waals surface area contributed by atoms with Gasteiger partial charge < -0.3 is 20.1 Å². The molecule has 1 rings (SSSR count). The fourth-order valence-electron chi connectivity index (χ4n) is 1.76. The van der Waals surface area contributed by atoms with Gasteiger partial charge in [0, 0.05) is 20.2 Å². The van der Waals surface area contributed by atoms with Gasteiger partial charge in [0.1, 0.15) is 0 Å². The molecule has 1 unspecified atom stereocenters. The summed E-state index contributed by atoms with van der Waals surface area (Å²) in [6, 6.07) is -0.280. The van der Waals surface area contributed by atoms with E-state index in [4.69, 9.17) is 9.84 Å². The highest BCUT2D eigenvalue weighted by Crippen LogP contribution is 2.24. The predicted octanol–water partition coefficient (Wildman–Crippen LogP) is 0.670. The zero-order chi connectivity index (χ0) is 13.1. The number of ether oxygens (including phenoxy) is 1. The zero-order valence-electron chi connectivity index (χ0n) is 10.5. The number of carbonyl (C=O) groups excluding carboxylic acids is 1. The van der Waals surface area contributed by atoms with Crippen LogP contribution < -0.4 is 5.32 Å². The summed E-state index contributed by atoms with van der Waals surface area (Å²) in [6.07, 6.45) is 0.736. The van der Waals surface area contributed by atoms with Crippen molar-refractivity contribution in [3.05, 3.63) is 0 Å². The van der Waals surface area contributed by atoms with Crippen LogP contribution in [0.15, 0.2) is 0 Å². The maximum absolute atomic E-state index is 11.8. The van der Waals surface area contributed by atoms with Gasteiger partial charge in [-0.15, -0.1) is 0 Å². The molecule has 98 valence electrons. The van der Waals surface area contributed by atoms with Gasteiger partial charge in [-0.3, -0.25) is 4.79 Å². The first-order chi connectivity index (χ1) is 7.83. The fraction of sp³-hybridized carbons (Fsp3) is 0.818. The third kappa shape index (κ3) is 3.89. The van der Waals surface area contributed by atoms with Crippen molar-refractivity contribution in [1.29, 1.82) is 0 Å². The third-order valence-electron chi connectivity index (χ3n) is 3.03. The van der Waals surface area contributed by atoms with E-state index >= 15 is 0 Å². The van der Waals surface area contributed by atoms with E-state index in [0.29, 0.717) is 6.61 Å². The first-order valence-corrected chi connectivity index (χ1v) is 5.70. The molecule has 1 aliphatic rings. The second kappa shape index (κ2) is 5.35. The molecule has 0 spiro atoms. The van der Waals surface area contributed by atoms with Crippen molar-refractivity contribution in [2.24, 2.45) is 0 Å². The quantitative estimate of drug-likeness (QED) is 0.762. The van der Waals surface area contributed by atoms with Gasteiger partial charge in [0.05, 0.1) is 18.1 Å². The Labute approximate surface area is 101 Å². The molecule has 0 radical (unpaired) electrons. The highest BCUT2D eigenvalue weighted by Gasteiger charge is 2.37. The van der Waals surface area contributed by atoms with Crippen LogP contribution in [0.25, 0.3) is 0 Å². The zero-order valence-corrected chi connectivity index (χ0v) is 10.5. The van der Waals surface area contributed by atoms with E-state index in [0.717, 1.165) is 6.42 Å². The summed E-state index contributed by atoms with van der Waals surface area (Å²) in [5.41, 5.74) is -0.358. The second-order valence-electron chi connectivity index (χ2n) is 4.81. The molecular weight excluding hydrogens is 224 g/mol. The molecular formula is C11H20N2O4. The molecule has 2 N–H and O–H groups in total. The Balaban J connectivity index is 2.40. The Kier molecular flexibility index (Phi) is 4.34. The number of rotatable bonds is 4. The number of nitrogens with zero attached hydrogens (tertiary/aromatic N) is 1. The van der Waals surface area contributed by atoms with Gasteiger partial charge in [-0.1, -0.05) is 0 Å². The summed E-state index contributed by atoms with van der Waals surface area (Å²) in [5, 5.41) is 11.4. The number of nitrogens with one attached hydrogen (secondary N) is 1. The molecule has 1 atom stereocenters. The lowest BCUT2D eigenvalue weighted by Gasteiger charge is -2.28. The minimum atomic E-state index is -0.908. The number of urea groups is 1. The van der Waals surface area contributed by atoms with Crippen LogP contribution in [0.4, 0.5) is 4.79 Å². The largest absolute Gasteiger partial charge is 0.481 e. The van der Waals surface area contributed by atoms with Crippen LogP contribution in [0.5, 0.6) is 0 Å². The van der Waals surface area contributed by atoms with E-state index in [1.54, 1.807) is 7.05 Å². The Morgan fingerprint density at radius 1 is 1.53 bits per heavy atom. The predicted molar refractivity (Wildman–Crippen MR) is 61.9 cm³/mol. The van der Waals surface area contributed by atoms with Crippen molar-refractivity contribution in [2.75, 3.05) is 20.2 Å². The lowest BCUT2D eigenvalue weighted by atomic mass is 9.99. The molecule has 1 heterocycles. The van der Waals surface area contributed by atoms with Gasteiger partial charge in [0.2, 0.25) is 0 Å². The molecule has 0 aliphatic carbocycles. The summed E-state index contributed by atoms with van der Waals surface area (Å²) < 4.78 is 5.50. The highest BCUT2D eigenvalue weighted by atomic mass is 16.5.